The zero-order valence-electron chi connectivity index (χ0n) is 21.7. The lowest BCUT2D eigenvalue weighted by molar-refractivity contribution is 0.00684. The van der Waals surface area contributed by atoms with Crippen molar-refractivity contribution >= 4 is 38.5 Å². The van der Waals surface area contributed by atoms with Gasteiger partial charge in [-0.1, -0.05) is 0 Å². The summed E-state index contributed by atoms with van der Waals surface area (Å²) in [5.74, 6) is 1.27. The number of carbonyl (C=O) groups excluding carboxylic acids is 1. The molecule has 3 aromatic rings. The molecule has 1 saturated heterocycles. The number of nitrogens with two attached hydrogens (primary N) is 1. The van der Waals surface area contributed by atoms with Crippen molar-refractivity contribution < 1.29 is 22.7 Å². The number of nitrogens with zero attached hydrogens (tertiary/aromatic N) is 3. The molecule has 4 rings (SSSR count). The van der Waals surface area contributed by atoms with Crippen LogP contribution in [0.5, 0.6) is 0 Å². The average molecular weight is 530 g/mol. The lowest BCUT2D eigenvalue weighted by atomic mass is 9.99. The highest BCUT2D eigenvalue weighted by Gasteiger charge is 2.30. The van der Waals surface area contributed by atoms with Gasteiger partial charge in [-0.15, -0.1) is 0 Å². The molecule has 0 radical (unpaired) electrons. The van der Waals surface area contributed by atoms with E-state index in [2.05, 4.69) is 9.88 Å². The second kappa shape index (κ2) is 10.7. The van der Waals surface area contributed by atoms with Crippen LogP contribution < -0.4 is 15.4 Å². The Morgan fingerprint density at radius 3 is 2.49 bits per heavy atom. The predicted octanol–water partition coefficient (Wildman–Crippen LogP) is 4.05. The summed E-state index contributed by atoms with van der Waals surface area (Å²) in [4.78, 5) is 16.1. The fourth-order valence-corrected chi connectivity index (χ4v) is 6.13. The van der Waals surface area contributed by atoms with Crippen LogP contribution in [-0.2, 0) is 31.6 Å². The van der Waals surface area contributed by atoms with Gasteiger partial charge in [-0.3, -0.25) is 4.31 Å². The summed E-state index contributed by atoms with van der Waals surface area (Å²) in [6.07, 6.45) is 1.97. The van der Waals surface area contributed by atoms with E-state index in [0.29, 0.717) is 22.8 Å². The van der Waals surface area contributed by atoms with Gasteiger partial charge in [0.2, 0.25) is 0 Å². The minimum absolute atomic E-state index is 0.107. The van der Waals surface area contributed by atoms with Crippen LogP contribution >= 0.6 is 0 Å². The van der Waals surface area contributed by atoms with Crippen LogP contribution in [0.2, 0.25) is 0 Å². The number of carbonyl (C=O) groups is 1. The topological polar surface area (TPSA) is 129 Å². The number of fused-ring (bicyclic) bond motifs is 1. The Morgan fingerprint density at radius 2 is 1.89 bits per heavy atom. The number of hydrogen-bond donors (Lipinski definition) is 2. The Labute approximate surface area is 217 Å². The first-order chi connectivity index (χ1) is 17.6. The molecule has 11 heteroatoms. The smallest absolute Gasteiger partial charge is 0.316 e. The van der Waals surface area contributed by atoms with E-state index in [1.807, 2.05) is 32.0 Å². The van der Waals surface area contributed by atoms with Crippen LogP contribution in [0.25, 0.3) is 11.0 Å². The number of methoxy groups -OCH3 is 1. The largest absolute Gasteiger partial charge is 0.381 e. The second-order valence-corrected chi connectivity index (χ2v) is 11.5. The average Bonchev–Trinajstić information content (AvgIpc) is 3.23. The van der Waals surface area contributed by atoms with Crippen molar-refractivity contribution in [1.29, 1.82) is 0 Å². The number of benzene rings is 2. The molecular formula is C26H35N5O5S. The summed E-state index contributed by atoms with van der Waals surface area (Å²) in [6, 6.07) is 10.8. The van der Waals surface area contributed by atoms with Crippen molar-refractivity contribution in [2.75, 3.05) is 36.5 Å². The molecule has 10 nitrogen and oxygen atoms in total. The number of imidazole rings is 1. The molecule has 0 saturated carbocycles. The molecule has 37 heavy (non-hydrogen) atoms. The van der Waals surface area contributed by atoms with Crippen molar-refractivity contribution in [2.24, 2.45) is 11.7 Å². The first-order valence-corrected chi connectivity index (χ1v) is 13.8. The number of amides is 2. The zero-order valence-corrected chi connectivity index (χ0v) is 22.5. The number of anilines is 2. The highest BCUT2D eigenvalue weighted by atomic mass is 32.2. The molecule has 0 spiro atoms. The molecule has 2 amide bonds. The maximum absolute atomic E-state index is 13.5. The summed E-state index contributed by atoms with van der Waals surface area (Å²) in [5.41, 5.74) is 7.10. The van der Waals surface area contributed by atoms with Crippen molar-refractivity contribution in [3.8, 4) is 0 Å². The van der Waals surface area contributed by atoms with E-state index in [-0.39, 0.29) is 11.4 Å². The second-order valence-electron chi connectivity index (χ2n) is 9.67. The van der Waals surface area contributed by atoms with Gasteiger partial charge in [0.15, 0.2) is 0 Å². The van der Waals surface area contributed by atoms with E-state index in [1.54, 1.807) is 14.0 Å². The molecule has 1 aliphatic rings. The molecule has 3 N–H and O–H groups in total. The van der Waals surface area contributed by atoms with Gasteiger partial charge in [0, 0.05) is 39.1 Å². The summed E-state index contributed by atoms with van der Waals surface area (Å²) < 4.78 is 41.9. The number of urea groups is 1. The predicted molar refractivity (Wildman–Crippen MR) is 143 cm³/mol. The molecule has 1 aliphatic heterocycles. The van der Waals surface area contributed by atoms with E-state index in [0.717, 1.165) is 43.9 Å². The van der Waals surface area contributed by atoms with Crippen LogP contribution in [-0.4, -0.2) is 50.9 Å². The molecule has 1 aromatic heterocycles. The minimum atomic E-state index is -3.86. The summed E-state index contributed by atoms with van der Waals surface area (Å²) in [7, 11) is -2.20. The maximum atomic E-state index is 13.5. The van der Waals surface area contributed by atoms with Gasteiger partial charge < -0.3 is 25.1 Å². The fraction of sp³-hybridized carbons (Fsp3) is 0.462. The summed E-state index contributed by atoms with van der Waals surface area (Å²) in [6.45, 7) is 8.29. The number of nitrogens with one attached hydrogen (secondary N) is 1. The van der Waals surface area contributed by atoms with E-state index in [9.17, 15) is 13.2 Å². The Hall–Kier alpha value is -3.15. The Balaban J connectivity index is 1.72. The van der Waals surface area contributed by atoms with E-state index >= 15 is 0 Å². The molecule has 0 bridgehead atoms. The Kier molecular flexibility index (Phi) is 7.77. The number of sulfonamides is 1. The number of aromatic nitrogens is 2. The van der Waals surface area contributed by atoms with Gasteiger partial charge in [-0.25, -0.2) is 18.2 Å². The highest BCUT2D eigenvalue weighted by molar-refractivity contribution is 7.92. The highest BCUT2D eigenvalue weighted by Crippen LogP contribution is 2.33. The van der Waals surface area contributed by atoms with Gasteiger partial charge in [-0.05, 0) is 82.0 Å². The van der Waals surface area contributed by atoms with Crippen molar-refractivity contribution in [3.63, 3.8) is 0 Å². The molecule has 0 unspecified atom stereocenters. The van der Waals surface area contributed by atoms with E-state index in [1.165, 1.54) is 28.6 Å². The Bertz CT molecular complexity index is 1360. The lowest BCUT2D eigenvalue weighted by Gasteiger charge is -2.27. The molecule has 1 fully saturated rings. The van der Waals surface area contributed by atoms with Gasteiger partial charge in [-0.2, -0.15) is 0 Å². The van der Waals surface area contributed by atoms with Gasteiger partial charge in [0.1, 0.15) is 11.4 Å². The molecule has 0 aliphatic carbocycles. The Morgan fingerprint density at radius 1 is 1.22 bits per heavy atom. The van der Waals surface area contributed by atoms with Gasteiger partial charge in [0.05, 0.1) is 21.6 Å². The monoisotopic (exact) mass is 529 g/mol. The number of ether oxygens (including phenoxy) is 2. The van der Waals surface area contributed by atoms with Crippen molar-refractivity contribution in [3.05, 3.63) is 48.3 Å². The van der Waals surface area contributed by atoms with Crippen LogP contribution in [0.15, 0.2) is 47.4 Å². The SMILES string of the molecule is CCN(c1ccc2c(c1)nc(C(C)(C)OC)n2CC1CCOCC1)S(=O)(=O)c1ccc(NC(N)=O)cc1. The minimum Gasteiger partial charge on any atom is -0.381 e. The third-order valence-electron chi connectivity index (χ3n) is 6.85. The van der Waals surface area contributed by atoms with Crippen molar-refractivity contribution in [2.45, 2.75) is 50.7 Å². The summed E-state index contributed by atoms with van der Waals surface area (Å²) >= 11 is 0. The molecule has 200 valence electrons. The van der Waals surface area contributed by atoms with E-state index < -0.39 is 21.7 Å². The van der Waals surface area contributed by atoms with Crippen molar-refractivity contribution in [1.82, 2.24) is 9.55 Å². The fourth-order valence-electron chi connectivity index (χ4n) is 4.67. The third kappa shape index (κ3) is 5.58. The third-order valence-corrected chi connectivity index (χ3v) is 8.76. The standard InChI is InChI=1S/C26H35N5O5S/c1-5-31(37(33,34)21-9-6-19(7-10-21)28-25(27)32)20-8-11-23-22(16-20)29-24(26(2,3)35-4)30(23)17-18-12-14-36-15-13-18/h6-11,16,18H,5,12-15,17H2,1-4H3,(H3,27,28,32). The van der Waals surface area contributed by atoms with Gasteiger partial charge >= 0.3 is 6.03 Å². The van der Waals surface area contributed by atoms with Crippen LogP contribution in [0.1, 0.15) is 39.4 Å². The van der Waals surface area contributed by atoms with Gasteiger partial charge in [0.25, 0.3) is 10.0 Å². The molecule has 0 atom stereocenters. The lowest BCUT2D eigenvalue weighted by Crippen LogP contribution is -2.30. The summed E-state index contributed by atoms with van der Waals surface area (Å²) in [5, 5.41) is 2.43. The maximum Gasteiger partial charge on any atom is 0.316 e. The zero-order chi connectivity index (χ0) is 26.8. The van der Waals surface area contributed by atoms with Crippen LogP contribution in [0.3, 0.4) is 0 Å². The van der Waals surface area contributed by atoms with Crippen LogP contribution in [0, 0.1) is 5.92 Å². The number of hydrogen-bond acceptors (Lipinski definition) is 6. The molecular weight excluding hydrogens is 494 g/mol. The molecule has 2 heterocycles. The van der Waals surface area contributed by atoms with Crippen LogP contribution in [0.4, 0.5) is 16.2 Å². The van der Waals surface area contributed by atoms with E-state index in [4.69, 9.17) is 20.2 Å². The normalized spacial score (nSPS) is 15.1. The molecule has 2 aromatic carbocycles. The quantitative estimate of drug-likeness (QED) is 0.430. The number of rotatable bonds is 9. The first-order valence-electron chi connectivity index (χ1n) is 12.4. The first kappa shape index (κ1) is 26.9. The number of primary amides is 1.